The van der Waals surface area contributed by atoms with Gasteiger partial charge in [0.15, 0.2) is 8.32 Å². The molecule has 4 aromatic carbocycles. The number of aromatic nitrogens is 3. The van der Waals surface area contributed by atoms with Crippen molar-refractivity contribution in [3.8, 4) is 16.9 Å². The molecule has 0 spiro atoms. The Morgan fingerprint density at radius 2 is 1.74 bits per heavy atom. The summed E-state index contributed by atoms with van der Waals surface area (Å²) in [6, 6.07) is 27.6. The predicted molar refractivity (Wildman–Crippen MR) is 214 cm³/mol. The topological polar surface area (TPSA) is 161 Å². The molecule has 0 saturated carbocycles. The molecule has 0 bridgehead atoms. The van der Waals surface area contributed by atoms with Crippen molar-refractivity contribution in [3.05, 3.63) is 135 Å². The van der Waals surface area contributed by atoms with E-state index in [2.05, 4.69) is 54.5 Å². The number of carboxylic acid groups (broad SMARTS) is 1. The Morgan fingerprint density at radius 3 is 2.47 bits per heavy atom. The third kappa shape index (κ3) is 8.36. The Labute approximate surface area is 308 Å². The van der Waals surface area contributed by atoms with E-state index in [-0.39, 0.29) is 28.1 Å². The molecule has 6 aromatic rings. The largest absolute Gasteiger partial charge is 0.506 e. The number of allylic oxidation sites excluding steroid dienone is 1. The monoisotopic (exact) mass is 731 g/mol. The number of imidazole rings is 1. The predicted octanol–water partition coefficient (Wildman–Crippen LogP) is 8.20. The van der Waals surface area contributed by atoms with E-state index in [0.29, 0.717) is 36.4 Å². The fraction of sp³-hybridized carbons (Fsp3) is 0.244. The van der Waals surface area contributed by atoms with Crippen LogP contribution in [0.25, 0.3) is 39.1 Å². The number of fused-ring (bicyclic) bond motifs is 2. The number of hydrogen-bond acceptors (Lipinski definition) is 6. The van der Waals surface area contributed by atoms with Crippen molar-refractivity contribution in [2.45, 2.75) is 58.1 Å². The van der Waals surface area contributed by atoms with Gasteiger partial charge in [0.25, 0.3) is 0 Å². The molecule has 6 N–H and O–H groups in total. The Balaban J connectivity index is 1.18. The summed E-state index contributed by atoms with van der Waals surface area (Å²) < 4.78 is 8.58. The molecule has 2 heterocycles. The molecule has 11 nitrogen and oxygen atoms in total. The molecule has 274 valence electrons. The first-order chi connectivity index (χ1) is 25.2. The summed E-state index contributed by atoms with van der Waals surface area (Å²) in [6.45, 7) is 12.3. The molecule has 0 fully saturated rings. The van der Waals surface area contributed by atoms with Gasteiger partial charge in [0.2, 0.25) is 5.56 Å². The smallest absolute Gasteiger partial charge is 0.409 e. The first-order valence-electron chi connectivity index (χ1n) is 17.5. The Morgan fingerprint density at radius 1 is 0.962 bits per heavy atom. The molecule has 0 aliphatic rings. The van der Waals surface area contributed by atoms with Gasteiger partial charge in [-0.2, -0.15) is 0 Å². The molecule has 0 aliphatic heterocycles. The van der Waals surface area contributed by atoms with Crippen LogP contribution in [0, 0.1) is 0 Å². The van der Waals surface area contributed by atoms with Crippen LogP contribution in [0.5, 0.6) is 5.75 Å². The molecule has 1 amide bonds. The van der Waals surface area contributed by atoms with Crippen LogP contribution in [0.4, 0.5) is 10.5 Å². The number of benzene rings is 4. The van der Waals surface area contributed by atoms with Crippen LogP contribution >= 0.6 is 0 Å². The van der Waals surface area contributed by atoms with Crippen molar-refractivity contribution in [2.75, 3.05) is 11.9 Å². The molecule has 1 atom stereocenters. The minimum absolute atomic E-state index is 0.00452. The van der Waals surface area contributed by atoms with Gasteiger partial charge in [-0.05, 0) is 70.7 Å². The highest BCUT2D eigenvalue weighted by atomic mass is 28.4. The lowest BCUT2D eigenvalue weighted by Gasteiger charge is -2.39. The number of H-pyrrole nitrogens is 2. The third-order valence-electron chi connectivity index (χ3n) is 9.96. The highest BCUT2D eigenvalue weighted by molar-refractivity contribution is 6.74. The van der Waals surface area contributed by atoms with E-state index >= 15 is 0 Å². The van der Waals surface area contributed by atoms with Gasteiger partial charge in [0, 0.05) is 36.7 Å². The summed E-state index contributed by atoms with van der Waals surface area (Å²) in [4.78, 5) is 42.4. The molecule has 6 rings (SSSR count). The molecule has 0 saturated heterocycles. The van der Waals surface area contributed by atoms with E-state index in [1.165, 1.54) is 6.07 Å². The lowest BCUT2D eigenvalue weighted by Crippen LogP contribution is -2.43. The summed E-state index contributed by atoms with van der Waals surface area (Å²) in [5, 5.41) is 26.7. The normalized spacial score (nSPS) is 12.8. The average Bonchev–Trinajstić information content (AvgIpc) is 3.41. The van der Waals surface area contributed by atoms with Gasteiger partial charge in [-0.1, -0.05) is 87.5 Å². The van der Waals surface area contributed by atoms with Crippen molar-refractivity contribution in [1.29, 1.82) is 0 Å². The number of phenolic OH excluding ortho intramolecular Hbond substituents is 1. The Hall–Kier alpha value is -5.69. The highest BCUT2D eigenvalue weighted by Crippen LogP contribution is 2.41. The Kier molecular flexibility index (Phi) is 10.6. The van der Waals surface area contributed by atoms with E-state index in [1.54, 1.807) is 22.8 Å². The van der Waals surface area contributed by atoms with Crippen LogP contribution in [-0.2, 0) is 17.5 Å². The summed E-state index contributed by atoms with van der Waals surface area (Å²) in [7, 11) is -2.24. The zero-order valence-corrected chi connectivity index (χ0v) is 31.5. The highest BCUT2D eigenvalue weighted by Gasteiger charge is 2.39. The van der Waals surface area contributed by atoms with Crippen molar-refractivity contribution < 1.29 is 19.4 Å². The maximum atomic E-state index is 13.0. The second-order valence-corrected chi connectivity index (χ2v) is 19.4. The second kappa shape index (κ2) is 15.1. The second-order valence-electron chi connectivity index (χ2n) is 14.7. The van der Waals surface area contributed by atoms with Crippen LogP contribution in [0.15, 0.2) is 107 Å². The van der Waals surface area contributed by atoms with Gasteiger partial charge >= 0.3 is 11.8 Å². The molecule has 0 aliphatic carbocycles. The number of amides is 1. The minimum atomic E-state index is -2.24. The third-order valence-corrected chi connectivity index (χ3v) is 14.4. The van der Waals surface area contributed by atoms with Crippen LogP contribution in [-0.4, -0.2) is 45.7 Å². The number of rotatable bonds is 12. The lowest BCUT2D eigenvalue weighted by molar-refractivity contribution is 0.181. The quantitative estimate of drug-likeness (QED) is 0.0692. The number of carbonyl (C=O) groups is 1. The van der Waals surface area contributed by atoms with E-state index in [4.69, 9.17) is 4.43 Å². The van der Waals surface area contributed by atoms with Crippen molar-refractivity contribution >= 4 is 48.1 Å². The molecule has 53 heavy (non-hydrogen) atoms. The molecule has 0 radical (unpaired) electrons. The summed E-state index contributed by atoms with van der Waals surface area (Å²) in [6.07, 6.45) is 2.24. The van der Waals surface area contributed by atoms with Crippen LogP contribution in [0.2, 0.25) is 18.1 Å². The number of aromatic amines is 2. The standard InChI is InChI=1S/C41H45N5O6Si/c1-41(2,3)53(4,5)52-36(30-16-19-35(47)38-31(30)17-20-37(48)45-38)25-42-24-27-14-18-34-33(23-27)43-39(49)46(34)21-9-10-26-13-15-29(28-11-7-6-8-12-28)32(22-26)44-40(50)51/h6-20,22-23,36,42,44,47H,21,24-25H2,1-5H3,(H,43,49)(H,45,48)(H,50,51)/t36-/m0/s1. The molecule has 0 unspecified atom stereocenters. The fourth-order valence-corrected chi connectivity index (χ4v) is 7.46. The lowest BCUT2D eigenvalue weighted by atomic mass is 10.0. The molecule has 12 heteroatoms. The van der Waals surface area contributed by atoms with E-state index in [9.17, 15) is 24.6 Å². The molecular weight excluding hydrogens is 687 g/mol. The number of hydrogen-bond donors (Lipinski definition) is 6. The number of anilines is 1. The van der Waals surface area contributed by atoms with E-state index < -0.39 is 14.4 Å². The maximum Gasteiger partial charge on any atom is 0.409 e. The number of nitrogens with zero attached hydrogens (tertiary/aromatic N) is 1. The Bertz CT molecular complexity index is 2420. The van der Waals surface area contributed by atoms with Crippen LogP contribution in [0.3, 0.4) is 0 Å². The van der Waals surface area contributed by atoms with Crippen molar-refractivity contribution in [1.82, 2.24) is 19.9 Å². The summed E-state index contributed by atoms with van der Waals surface area (Å²) >= 11 is 0. The first kappa shape index (κ1) is 37.1. The zero-order chi connectivity index (χ0) is 37.9. The van der Waals surface area contributed by atoms with Gasteiger partial charge in [-0.3, -0.25) is 14.7 Å². The number of aromatic hydroxyl groups is 1. The number of nitrogens with one attached hydrogen (secondary N) is 4. The summed E-state index contributed by atoms with van der Waals surface area (Å²) in [5.74, 6) is 0.00452. The molecular formula is C41H45N5O6Si. The van der Waals surface area contributed by atoms with Gasteiger partial charge in [-0.15, -0.1) is 0 Å². The van der Waals surface area contributed by atoms with Crippen molar-refractivity contribution in [3.63, 3.8) is 0 Å². The first-order valence-corrected chi connectivity index (χ1v) is 20.4. The summed E-state index contributed by atoms with van der Waals surface area (Å²) in [5.41, 5.74) is 6.12. The maximum absolute atomic E-state index is 13.0. The van der Waals surface area contributed by atoms with Gasteiger partial charge < -0.3 is 29.9 Å². The average molecular weight is 732 g/mol. The SMILES string of the molecule is CC(C)(C)[Si](C)(C)O[C@@H](CNCc1ccc2c(c1)[nH]c(=O)n2CC=Cc1ccc(-c2ccccc2)c(NC(=O)O)c1)c1ccc(O)c2[nH]c(=O)ccc12. The van der Waals surface area contributed by atoms with Crippen molar-refractivity contribution in [2.24, 2.45) is 0 Å². The van der Waals surface area contributed by atoms with E-state index in [0.717, 1.165) is 38.7 Å². The van der Waals surface area contributed by atoms with Crippen LogP contribution in [0.1, 0.15) is 43.6 Å². The van der Waals surface area contributed by atoms with Gasteiger partial charge in [0.05, 0.1) is 28.3 Å². The minimum Gasteiger partial charge on any atom is -0.506 e. The number of pyridine rings is 1. The number of phenols is 1. The van der Waals surface area contributed by atoms with E-state index in [1.807, 2.05) is 78.9 Å². The van der Waals surface area contributed by atoms with Crippen LogP contribution < -0.4 is 21.9 Å². The van der Waals surface area contributed by atoms with Gasteiger partial charge in [-0.25, -0.2) is 9.59 Å². The van der Waals surface area contributed by atoms with Gasteiger partial charge in [0.1, 0.15) is 5.75 Å². The zero-order valence-electron chi connectivity index (χ0n) is 30.5. The fourth-order valence-electron chi connectivity index (χ4n) is 6.18. The molecule has 2 aromatic heterocycles.